The van der Waals surface area contributed by atoms with Crippen molar-refractivity contribution in [3.8, 4) is 11.5 Å². The van der Waals surface area contributed by atoms with Gasteiger partial charge in [0.15, 0.2) is 0 Å². The van der Waals surface area contributed by atoms with Crippen molar-refractivity contribution in [3.05, 3.63) is 137 Å². The van der Waals surface area contributed by atoms with Gasteiger partial charge >= 0.3 is 0 Å². The van der Waals surface area contributed by atoms with Crippen molar-refractivity contribution in [3.63, 3.8) is 0 Å². The lowest BCUT2D eigenvalue weighted by Gasteiger charge is -2.45. The average molecular weight is 508 g/mol. The number of phenols is 2. The molecule has 2 heterocycles. The molecule has 2 radical (unpaired) electrons. The number of pyridine rings is 2. The molecule has 186 valence electrons. The zero-order valence-corrected chi connectivity index (χ0v) is 20.6. The first-order valence-electron chi connectivity index (χ1n) is 12.4. The third-order valence-corrected chi connectivity index (χ3v) is 7.81. The lowest BCUT2D eigenvalue weighted by atomic mass is 9.62. The summed E-state index contributed by atoms with van der Waals surface area (Å²) >= 11 is 0. The average Bonchev–Trinajstić information content (AvgIpc) is 2.96. The number of aromatic hydroxyl groups is 2. The largest absolute Gasteiger partial charge is 0.506 e. The van der Waals surface area contributed by atoms with Crippen LogP contribution in [0.5, 0.6) is 11.5 Å². The summed E-state index contributed by atoms with van der Waals surface area (Å²) in [5.74, 6) is -0.00597. The fraction of sp³-hybridized carbons (Fsp3) is 0.0625. The number of benzene rings is 4. The van der Waals surface area contributed by atoms with Gasteiger partial charge in [-0.25, -0.2) is 0 Å². The Kier molecular flexibility index (Phi) is 4.89. The lowest BCUT2D eigenvalue weighted by Crippen LogP contribution is -2.45. The van der Waals surface area contributed by atoms with Gasteiger partial charge in [0.1, 0.15) is 41.6 Å². The van der Waals surface area contributed by atoms with E-state index in [1.165, 1.54) is 12.1 Å². The molecule has 0 spiro atoms. The third kappa shape index (κ3) is 3.05. The second-order valence-electron chi connectivity index (χ2n) is 9.84. The van der Waals surface area contributed by atoms with Gasteiger partial charge in [-0.05, 0) is 46.5 Å². The molecule has 0 fully saturated rings. The predicted octanol–water partition coefficient (Wildman–Crippen LogP) is 3.87. The first-order valence-corrected chi connectivity index (χ1v) is 12.4. The Labute approximate surface area is 224 Å². The van der Waals surface area contributed by atoms with Crippen LogP contribution in [0.3, 0.4) is 0 Å². The van der Waals surface area contributed by atoms with Crippen LogP contribution in [0, 0.1) is 0 Å². The Morgan fingerprint density at radius 2 is 0.974 bits per heavy atom. The lowest BCUT2D eigenvalue weighted by molar-refractivity contribution is 0.0764. The highest BCUT2D eigenvalue weighted by molar-refractivity contribution is 6.32. The van der Waals surface area contributed by atoms with Gasteiger partial charge in [-0.2, -0.15) is 0 Å². The Morgan fingerprint density at radius 3 is 1.51 bits per heavy atom. The van der Waals surface area contributed by atoms with Crippen molar-refractivity contribution in [1.82, 2.24) is 9.97 Å². The fourth-order valence-corrected chi connectivity index (χ4v) is 6.11. The summed E-state index contributed by atoms with van der Waals surface area (Å²) in [7, 11) is 6.29. The van der Waals surface area contributed by atoms with E-state index in [0.717, 1.165) is 0 Å². The highest BCUT2D eigenvalue weighted by Gasteiger charge is 2.52. The molecule has 0 amide bonds. The summed E-state index contributed by atoms with van der Waals surface area (Å²) in [6, 6.07) is 25.7. The highest BCUT2D eigenvalue weighted by Crippen LogP contribution is 2.55. The molecule has 2 aromatic heterocycles. The van der Waals surface area contributed by atoms with Gasteiger partial charge in [0.2, 0.25) is 0 Å². The van der Waals surface area contributed by atoms with Crippen LogP contribution in [0.25, 0.3) is 21.8 Å². The highest BCUT2D eigenvalue weighted by atomic mass is 16.3. The van der Waals surface area contributed by atoms with Crippen LogP contribution in [-0.2, 0) is 11.2 Å². The number of hydrogen-bond donors (Lipinski definition) is 4. The van der Waals surface area contributed by atoms with Crippen molar-refractivity contribution in [2.45, 2.75) is 11.2 Å². The minimum atomic E-state index is -1.76. The second-order valence-corrected chi connectivity index (χ2v) is 9.84. The van der Waals surface area contributed by atoms with Crippen molar-refractivity contribution in [1.29, 1.82) is 0 Å². The van der Waals surface area contributed by atoms with Crippen LogP contribution in [0.2, 0.25) is 0 Å². The molecule has 2 unspecified atom stereocenters. The van der Waals surface area contributed by atoms with E-state index in [9.17, 15) is 20.4 Å². The first-order chi connectivity index (χ1) is 18.8. The molecule has 0 saturated heterocycles. The van der Waals surface area contributed by atoms with Gasteiger partial charge in [-0.1, -0.05) is 72.2 Å². The van der Waals surface area contributed by atoms with E-state index in [1.54, 1.807) is 85.2 Å². The fourth-order valence-electron chi connectivity index (χ4n) is 6.11. The Bertz CT molecular complexity index is 1960. The number of rotatable bonds is 2. The molecule has 6 nitrogen and oxygen atoms in total. The van der Waals surface area contributed by atoms with Crippen LogP contribution in [0.4, 0.5) is 0 Å². The molecule has 0 saturated carbocycles. The van der Waals surface area contributed by atoms with Crippen LogP contribution < -0.4 is 5.46 Å². The van der Waals surface area contributed by atoms with E-state index in [1.807, 2.05) is 6.07 Å². The molecule has 6 aromatic rings. The summed E-state index contributed by atoms with van der Waals surface area (Å²) in [6.07, 6.45) is 3.17. The number of fused-ring (bicyclic) bond motifs is 4. The van der Waals surface area contributed by atoms with E-state index in [-0.39, 0.29) is 11.5 Å². The molecular weight excluding hydrogens is 487 g/mol. The SMILES string of the molecule is [B]c1ccc2c(c1)C(O)(c1ccc(O)c3ncccc13)c1ccccc1C2(O)c1ccc(O)c2ncccc12. The summed E-state index contributed by atoms with van der Waals surface area (Å²) < 4.78 is 0. The number of aliphatic hydroxyl groups is 2. The molecule has 1 aliphatic rings. The quantitative estimate of drug-likeness (QED) is 0.265. The zero-order valence-electron chi connectivity index (χ0n) is 20.6. The number of nitrogens with zero attached hydrogens (tertiary/aromatic N) is 2. The van der Waals surface area contributed by atoms with E-state index in [0.29, 0.717) is 60.6 Å². The molecule has 39 heavy (non-hydrogen) atoms. The van der Waals surface area contributed by atoms with Gasteiger partial charge in [-0.15, -0.1) is 0 Å². The first kappa shape index (κ1) is 23.4. The molecule has 0 aliphatic heterocycles. The van der Waals surface area contributed by atoms with Crippen LogP contribution >= 0.6 is 0 Å². The molecule has 7 rings (SSSR count). The van der Waals surface area contributed by atoms with Gasteiger partial charge < -0.3 is 20.4 Å². The Morgan fingerprint density at radius 1 is 0.513 bits per heavy atom. The van der Waals surface area contributed by atoms with Gasteiger partial charge in [-0.3, -0.25) is 9.97 Å². The topological polar surface area (TPSA) is 107 Å². The molecule has 0 bridgehead atoms. The third-order valence-electron chi connectivity index (χ3n) is 7.81. The molecule has 4 N–H and O–H groups in total. The molecule has 7 heteroatoms. The summed E-state index contributed by atoms with van der Waals surface area (Å²) in [5.41, 5.74) is 0.354. The van der Waals surface area contributed by atoms with E-state index < -0.39 is 11.2 Å². The standard InChI is InChI=1S/C32H21BN2O4/c33-18-9-10-25-26(17-18)32(39,22-12-14-28(37)30-20(22)6-4-16-35-30)24-8-2-1-7-23(24)31(25,38)21-11-13-27(36)29-19(21)5-3-15-34-29/h1-17,36-39H. The van der Waals surface area contributed by atoms with Gasteiger partial charge in [0.05, 0.1) is 0 Å². The molecule has 2 atom stereocenters. The minimum Gasteiger partial charge on any atom is -0.506 e. The normalized spacial score (nSPS) is 20.1. The van der Waals surface area contributed by atoms with Crippen LogP contribution in [0.15, 0.2) is 103 Å². The second kappa shape index (κ2) is 8.14. The summed E-state index contributed by atoms with van der Waals surface area (Å²) in [6.45, 7) is 0. The van der Waals surface area contributed by atoms with Crippen LogP contribution in [-0.4, -0.2) is 38.2 Å². The predicted molar refractivity (Wildman–Crippen MR) is 149 cm³/mol. The molecule has 4 aromatic carbocycles. The van der Waals surface area contributed by atoms with Crippen LogP contribution in [0.1, 0.15) is 33.4 Å². The smallest absolute Gasteiger partial charge is 0.142 e. The van der Waals surface area contributed by atoms with Gasteiger partial charge in [0, 0.05) is 34.3 Å². The van der Waals surface area contributed by atoms with Crippen molar-refractivity contribution >= 4 is 35.1 Å². The van der Waals surface area contributed by atoms with E-state index >= 15 is 0 Å². The molecular formula is C32H21BN2O4. The van der Waals surface area contributed by atoms with Gasteiger partial charge in [0.25, 0.3) is 0 Å². The van der Waals surface area contributed by atoms with E-state index in [2.05, 4.69) is 9.97 Å². The Hall–Kier alpha value is -4.72. The zero-order chi connectivity index (χ0) is 26.9. The molecule has 1 aliphatic carbocycles. The maximum atomic E-state index is 12.9. The summed E-state index contributed by atoms with van der Waals surface area (Å²) in [5, 5.41) is 47.9. The van der Waals surface area contributed by atoms with Crippen molar-refractivity contribution in [2.75, 3.05) is 0 Å². The number of phenolic OH excluding ortho intramolecular Hbond substituents is 2. The summed E-state index contributed by atoms with van der Waals surface area (Å²) in [4.78, 5) is 8.70. The monoisotopic (exact) mass is 508 g/mol. The maximum absolute atomic E-state index is 12.9. The van der Waals surface area contributed by atoms with E-state index in [4.69, 9.17) is 7.85 Å². The number of aromatic nitrogens is 2. The maximum Gasteiger partial charge on any atom is 0.142 e. The minimum absolute atomic E-state index is 0.000794. The Balaban J connectivity index is 1.64. The van der Waals surface area contributed by atoms with Crippen molar-refractivity contribution in [2.24, 2.45) is 0 Å². The number of hydrogen-bond acceptors (Lipinski definition) is 6. The van der Waals surface area contributed by atoms with Crippen molar-refractivity contribution < 1.29 is 20.4 Å².